The van der Waals surface area contributed by atoms with Crippen LogP contribution in [0.4, 0.5) is 5.69 Å². The lowest BCUT2D eigenvalue weighted by Gasteiger charge is -2.09. The fraction of sp³-hybridized carbons (Fsp3) is 0.500. The normalized spacial score (nSPS) is 10.4. The summed E-state index contributed by atoms with van der Waals surface area (Å²) in [7, 11) is 1.67. The lowest BCUT2D eigenvalue weighted by Crippen LogP contribution is -2.18. The molecular weight excluding hydrogens is 212 g/mol. The minimum absolute atomic E-state index is 0.0990. The molecule has 0 aliphatic heterocycles. The SMILES string of the molecule is CNC(=O)CCCNc1ccc(C(C)C)cc1. The van der Waals surface area contributed by atoms with Crippen molar-refractivity contribution in [3.8, 4) is 0 Å². The Labute approximate surface area is 104 Å². The molecule has 0 fully saturated rings. The molecule has 1 aromatic rings. The molecule has 0 spiro atoms. The van der Waals surface area contributed by atoms with Gasteiger partial charge in [-0.15, -0.1) is 0 Å². The van der Waals surface area contributed by atoms with Gasteiger partial charge in [0.05, 0.1) is 0 Å². The van der Waals surface area contributed by atoms with Gasteiger partial charge in [0, 0.05) is 25.7 Å². The van der Waals surface area contributed by atoms with Crippen molar-refractivity contribution in [3.63, 3.8) is 0 Å². The van der Waals surface area contributed by atoms with Crippen molar-refractivity contribution >= 4 is 11.6 Å². The largest absolute Gasteiger partial charge is 0.385 e. The van der Waals surface area contributed by atoms with Crippen LogP contribution >= 0.6 is 0 Å². The minimum atomic E-state index is 0.0990. The van der Waals surface area contributed by atoms with Gasteiger partial charge in [0.25, 0.3) is 0 Å². The third kappa shape index (κ3) is 4.89. The smallest absolute Gasteiger partial charge is 0.219 e. The van der Waals surface area contributed by atoms with Crippen molar-refractivity contribution in [2.75, 3.05) is 18.9 Å². The van der Waals surface area contributed by atoms with Crippen LogP contribution in [-0.2, 0) is 4.79 Å². The minimum Gasteiger partial charge on any atom is -0.385 e. The van der Waals surface area contributed by atoms with Gasteiger partial charge in [-0.2, -0.15) is 0 Å². The molecule has 0 radical (unpaired) electrons. The maximum Gasteiger partial charge on any atom is 0.219 e. The van der Waals surface area contributed by atoms with E-state index in [1.807, 2.05) is 0 Å². The molecule has 0 aliphatic rings. The Hall–Kier alpha value is -1.51. The second kappa shape index (κ2) is 6.94. The average molecular weight is 234 g/mol. The quantitative estimate of drug-likeness (QED) is 0.743. The number of benzene rings is 1. The lowest BCUT2D eigenvalue weighted by molar-refractivity contribution is -0.120. The summed E-state index contributed by atoms with van der Waals surface area (Å²) >= 11 is 0. The summed E-state index contributed by atoms with van der Waals surface area (Å²) in [6.07, 6.45) is 1.43. The Morgan fingerprint density at radius 3 is 2.41 bits per heavy atom. The molecule has 0 unspecified atom stereocenters. The molecule has 2 N–H and O–H groups in total. The molecule has 0 saturated carbocycles. The predicted molar refractivity (Wildman–Crippen MR) is 72.3 cm³/mol. The molecule has 0 heterocycles. The molecular formula is C14H22N2O. The first-order valence-electron chi connectivity index (χ1n) is 6.18. The molecule has 1 rings (SSSR count). The van der Waals surface area contributed by atoms with Crippen LogP contribution in [0.25, 0.3) is 0 Å². The number of amides is 1. The molecule has 94 valence electrons. The van der Waals surface area contributed by atoms with Gasteiger partial charge in [-0.05, 0) is 30.0 Å². The zero-order chi connectivity index (χ0) is 12.7. The van der Waals surface area contributed by atoms with E-state index in [1.54, 1.807) is 7.05 Å². The lowest BCUT2D eigenvalue weighted by atomic mass is 10.0. The molecule has 0 atom stereocenters. The van der Waals surface area contributed by atoms with Crippen LogP contribution in [0.3, 0.4) is 0 Å². The molecule has 3 nitrogen and oxygen atoms in total. The molecule has 0 saturated heterocycles. The Morgan fingerprint density at radius 2 is 1.88 bits per heavy atom. The molecule has 1 aromatic carbocycles. The first-order valence-corrected chi connectivity index (χ1v) is 6.18. The number of carbonyl (C=O) groups is 1. The van der Waals surface area contributed by atoms with Crippen LogP contribution in [-0.4, -0.2) is 19.5 Å². The van der Waals surface area contributed by atoms with Crippen LogP contribution < -0.4 is 10.6 Å². The van der Waals surface area contributed by atoms with Crippen molar-refractivity contribution in [3.05, 3.63) is 29.8 Å². The van der Waals surface area contributed by atoms with E-state index in [2.05, 4.69) is 48.7 Å². The highest BCUT2D eigenvalue weighted by Crippen LogP contribution is 2.16. The Morgan fingerprint density at radius 1 is 1.24 bits per heavy atom. The van der Waals surface area contributed by atoms with Crippen molar-refractivity contribution in [2.24, 2.45) is 0 Å². The topological polar surface area (TPSA) is 41.1 Å². The Bertz CT molecular complexity index is 344. The van der Waals surface area contributed by atoms with Crippen molar-refractivity contribution in [2.45, 2.75) is 32.6 Å². The van der Waals surface area contributed by atoms with Crippen molar-refractivity contribution in [1.29, 1.82) is 0 Å². The van der Waals surface area contributed by atoms with Gasteiger partial charge in [-0.25, -0.2) is 0 Å². The fourth-order valence-electron chi connectivity index (χ4n) is 1.59. The van der Waals surface area contributed by atoms with Crippen LogP contribution in [0.15, 0.2) is 24.3 Å². The maximum atomic E-state index is 11.0. The van der Waals surface area contributed by atoms with E-state index in [9.17, 15) is 4.79 Å². The summed E-state index contributed by atoms with van der Waals surface area (Å²) in [6.45, 7) is 5.20. The Kier molecular flexibility index (Phi) is 5.53. The maximum absolute atomic E-state index is 11.0. The van der Waals surface area contributed by atoms with Crippen LogP contribution in [0.2, 0.25) is 0 Å². The second-order valence-corrected chi connectivity index (χ2v) is 4.48. The van der Waals surface area contributed by atoms with Gasteiger partial charge < -0.3 is 10.6 Å². The highest BCUT2D eigenvalue weighted by Gasteiger charge is 1.99. The number of nitrogens with one attached hydrogen (secondary N) is 2. The molecule has 17 heavy (non-hydrogen) atoms. The molecule has 0 aliphatic carbocycles. The number of hydrogen-bond acceptors (Lipinski definition) is 2. The van der Waals surface area contributed by atoms with E-state index >= 15 is 0 Å². The van der Waals surface area contributed by atoms with Crippen molar-refractivity contribution < 1.29 is 4.79 Å². The summed E-state index contributed by atoms with van der Waals surface area (Å²) in [6, 6.07) is 8.47. The van der Waals surface area contributed by atoms with Crippen LogP contribution in [0, 0.1) is 0 Å². The molecule has 3 heteroatoms. The first kappa shape index (κ1) is 13.6. The van der Waals surface area contributed by atoms with Crippen LogP contribution in [0.1, 0.15) is 38.2 Å². The average Bonchev–Trinajstić information content (AvgIpc) is 2.34. The summed E-state index contributed by atoms with van der Waals surface area (Å²) in [5, 5.41) is 5.93. The van der Waals surface area contributed by atoms with E-state index < -0.39 is 0 Å². The van der Waals surface area contributed by atoms with E-state index in [0.717, 1.165) is 18.7 Å². The molecule has 0 aromatic heterocycles. The van der Waals surface area contributed by atoms with Gasteiger partial charge in [-0.3, -0.25) is 4.79 Å². The number of carbonyl (C=O) groups excluding carboxylic acids is 1. The number of rotatable bonds is 6. The van der Waals surface area contributed by atoms with Crippen molar-refractivity contribution in [1.82, 2.24) is 5.32 Å². The molecule has 1 amide bonds. The summed E-state index contributed by atoms with van der Waals surface area (Å²) in [5.41, 5.74) is 2.47. The van der Waals surface area contributed by atoms with E-state index in [0.29, 0.717) is 12.3 Å². The van der Waals surface area contributed by atoms with Gasteiger partial charge in [0.2, 0.25) is 5.91 Å². The standard InChI is InChI=1S/C14H22N2O/c1-11(2)12-6-8-13(9-7-12)16-10-4-5-14(17)15-3/h6-9,11,16H,4-5,10H2,1-3H3,(H,15,17). The fourth-order valence-corrected chi connectivity index (χ4v) is 1.59. The Balaban J connectivity index is 2.30. The zero-order valence-electron chi connectivity index (χ0n) is 10.9. The zero-order valence-corrected chi connectivity index (χ0v) is 10.9. The highest BCUT2D eigenvalue weighted by molar-refractivity contribution is 5.75. The predicted octanol–water partition coefficient (Wildman–Crippen LogP) is 2.75. The third-order valence-corrected chi connectivity index (χ3v) is 2.77. The van der Waals surface area contributed by atoms with E-state index in [1.165, 1.54) is 5.56 Å². The van der Waals surface area contributed by atoms with E-state index in [4.69, 9.17) is 0 Å². The first-order chi connectivity index (χ1) is 8.13. The van der Waals surface area contributed by atoms with Gasteiger partial charge >= 0.3 is 0 Å². The number of anilines is 1. The summed E-state index contributed by atoms with van der Waals surface area (Å²) in [5.74, 6) is 0.666. The van der Waals surface area contributed by atoms with Crippen LogP contribution in [0.5, 0.6) is 0 Å². The monoisotopic (exact) mass is 234 g/mol. The highest BCUT2D eigenvalue weighted by atomic mass is 16.1. The summed E-state index contributed by atoms with van der Waals surface area (Å²) in [4.78, 5) is 11.0. The van der Waals surface area contributed by atoms with E-state index in [-0.39, 0.29) is 5.91 Å². The summed E-state index contributed by atoms with van der Waals surface area (Å²) < 4.78 is 0. The number of hydrogen-bond donors (Lipinski definition) is 2. The van der Waals surface area contributed by atoms with Gasteiger partial charge in [0.1, 0.15) is 0 Å². The third-order valence-electron chi connectivity index (χ3n) is 2.77. The second-order valence-electron chi connectivity index (χ2n) is 4.48. The molecule has 0 bridgehead atoms. The van der Waals surface area contributed by atoms with Gasteiger partial charge in [0.15, 0.2) is 0 Å². The van der Waals surface area contributed by atoms with Gasteiger partial charge in [-0.1, -0.05) is 26.0 Å².